The third kappa shape index (κ3) is 6.24. The van der Waals surface area contributed by atoms with Crippen molar-refractivity contribution in [1.29, 1.82) is 0 Å². The molecule has 21 heavy (non-hydrogen) atoms. The summed E-state index contributed by atoms with van der Waals surface area (Å²) in [7, 11) is 0. The van der Waals surface area contributed by atoms with Gasteiger partial charge in [0.15, 0.2) is 0 Å². The Morgan fingerprint density at radius 1 is 1.10 bits per heavy atom. The van der Waals surface area contributed by atoms with Gasteiger partial charge in [-0.05, 0) is 18.2 Å². The summed E-state index contributed by atoms with van der Waals surface area (Å²) in [6, 6.07) is 10.2. The standard InChI is InChI=1S/C14H10BF3NO.K/c16-15(17,18)13-9-14(11-19-10-13)20-8-4-7-12-5-2-1-3-6-12;/h1-3,5-6,9-11H,8H2;/q-1;+1. The van der Waals surface area contributed by atoms with Crippen LogP contribution in [0.5, 0.6) is 5.75 Å². The number of halogens is 3. The van der Waals surface area contributed by atoms with E-state index < -0.39 is 12.4 Å². The molecule has 102 valence electrons. The first-order chi connectivity index (χ1) is 9.55. The molecule has 0 saturated carbocycles. The molecule has 1 heterocycles. The molecule has 2 nitrogen and oxygen atoms in total. The fourth-order valence-corrected chi connectivity index (χ4v) is 1.47. The van der Waals surface area contributed by atoms with E-state index in [-0.39, 0.29) is 63.7 Å². The molecule has 0 radical (unpaired) electrons. The molecule has 2 rings (SSSR count). The van der Waals surface area contributed by atoms with Gasteiger partial charge in [-0.1, -0.05) is 35.5 Å². The monoisotopic (exact) mass is 315 g/mol. The number of pyridine rings is 1. The zero-order valence-corrected chi connectivity index (χ0v) is 14.5. The minimum atomic E-state index is -5.07. The maximum Gasteiger partial charge on any atom is 1.00 e. The molecule has 0 spiro atoms. The van der Waals surface area contributed by atoms with Crippen molar-refractivity contribution < 1.29 is 69.1 Å². The number of nitrogens with zero attached hydrogens (tertiary/aromatic N) is 1. The molecule has 0 saturated heterocycles. The van der Waals surface area contributed by atoms with Gasteiger partial charge in [-0.25, -0.2) is 0 Å². The fraction of sp³-hybridized carbons (Fsp3) is 0.0714. The molecule has 0 fully saturated rings. The van der Waals surface area contributed by atoms with Crippen LogP contribution in [-0.4, -0.2) is 18.6 Å². The summed E-state index contributed by atoms with van der Waals surface area (Å²) in [4.78, 5) is 3.51. The quantitative estimate of drug-likeness (QED) is 0.567. The summed E-state index contributed by atoms with van der Waals surface area (Å²) in [5.74, 6) is 5.64. The number of hydrogen-bond acceptors (Lipinski definition) is 2. The summed E-state index contributed by atoms with van der Waals surface area (Å²) >= 11 is 0. The first kappa shape index (κ1) is 18.3. The molecule has 0 aliphatic rings. The van der Waals surface area contributed by atoms with Gasteiger partial charge in [-0.15, -0.1) is 0 Å². The topological polar surface area (TPSA) is 22.1 Å². The maximum atomic E-state index is 12.5. The van der Waals surface area contributed by atoms with E-state index in [2.05, 4.69) is 16.8 Å². The number of hydrogen-bond donors (Lipinski definition) is 0. The maximum absolute atomic E-state index is 12.5. The van der Waals surface area contributed by atoms with Gasteiger partial charge < -0.3 is 17.7 Å². The van der Waals surface area contributed by atoms with Crippen molar-refractivity contribution in [3.05, 3.63) is 54.4 Å². The second kappa shape index (κ2) is 8.61. The van der Waals surface area contributed by atoms with E-state index in [0.717, 1.165) is 17.8 Å². The second-order valence-electron chi connectivity index (χ2n) is 3.99. The molecule has 0 bridgehead atoms. The van der Waals surface area contributed by atoms with E-state index in [1.165, 1.54) is 6.20 Å². The number of aromatic nitrogens is 1. The van der Waals surface area contributed by atoms with Gasteiger partial charge >= 0.3 is 58.4 Å². The molecule has 0 amide bonds. The molecular weight excluding hydrogens is 305 g/mol. The Morgan fingerprint density at radius 3 is 2.48 bits per heavy atom. The molecule has 0 atom stereocenters. The molecule has 2 aromatic rings. The average molecular weight is 315 g/mol. The van der Waals surface area contributed by atoms with Crippen molar-refractivity contribution in [1.82, 2.24) is 4.98 Å². The number of benzene rings is 1. The van der Waals surface area contributed by atoms with Crippen LogP contribution in [0.3, 0.4) is 0 Å². The van der Waals surface area contributed by atoms with Crippen molar-refractivity contribution in [2.24, 2.45) is 0 Å². The average Bonchev–Trinajstić information content (AvgIpc) is 2.44. The Bertz CT molecular complexity index is 638. The summed E-state index contributed by atoms with van der Waals surface area (Å²) in [6.07, 6.45) is 2.01. The molecule has 1 aromatic carbocycles. The summed E-state index contributed by atoms with van der Waals surface area (Å²) < 4.78 is 42.7. The van der Waals surface area contributed by atoms with Gasteiger partial charge in [-0.2, -0.15) is 0 Å². The van der Waals surface area contributed by atoms with Gasteiger partial charge in [0.2, 0.25) is 0 Å². The Kier molecular flexibility index (Phi) is 7.49. The summed E-state index contributed by atoms with van der Waals surface area (Å²) in [5.41, 5.74) is 0.0418. The SMILES string of the molecule is F[B-](F)(F)c1cncc(OCC#Cc2ccccc2)c1.[K+]. The zero-order valence-electron chi connectivity index (χ0n) is 11.4. The predicted molar refractivity (Wildman–Crippen MR) is 71.8 cm³/mol. The van der Waals surface area contributed by atoms with Crippen LogP contribution in [0.2, 0.25) is 0 Å². The Labute approximate surface area is 163 Å². The van der Waals surface area contributed by atoms with E-state index in [1.807, 2.05) is 30.3 Å². The van der Waals surface area contributed by atoms with Crippen molar-refractivity contribution >= 4 is 12.4 Å². The summed E-state index contributed by atoms with van der Waals surface area (Å²) in [5, 5.41) is 0. The van der Waals surface area contributed by atoms with Gasteiger partial charge in [-0.3, -0.25) is 4.98 Å². The van der Waals surface area contributed by atoms with Crippen molar-refractivity contribution in [3.63, 3.8) is 0 Å². The number of ether oxygens (including phenoxy) is 1. The van der Waals surface area contributed by atoms with Crippen molar-refractivity contribution in [2.45, 2.75) is 0 Å². The van der Waals surface area contributed by atoms with E-state index >= 15 is 0 Å². The van der Waals surface area contributed by atoms with E-state index in [0.29, 0.717) is 0 Å². The Balaban J connectivity index is 0.00000220. The molecule has 1 aromatic heterocycles. The van der Waals surface area contributed by atoms with Crippen LogP contribution >= 0.6 is 0 Å². The van der Waals surface area contributed by atoms with Gasteiger partial charge in [0.05, 0.1) is 6.20 Å². The van der Waals surface area contributed by atoms with Crippen molar-refractivity contribution in [3.8, 4) is 17.6 Å². The predicted octanol–water partition coefficient (Wildman–Crippen LogP) is -0.430. The fourth-order valence-electron chi connectivity index (χ4n) is 1.47. The van der Waals surface area contributed by atoms with Crippen LogP contribution in [-0.2, 0) is 0 Å². The molecule has 0 aliphatic carbocycles. The van der Waals surface area contributed by atoms with E-state index in [4.69, 9.17) is 4.74 Å². The van der Waals surface area contributed by atoms with E-state index in [1.54, 1.807) is 0 Å². The minimum Gasteiger partial charge on any atom is -0.479 e. The van der Waals surface area contributed by atoms with Crippen LogP contribution in [0.4, 0.5) is 12.9 Å². The normalized spacial score (nSPS) is 10.0. The second-order valence-corrected chi connectivity index (χ2v) is 3.99. The largest absolute Gasteiger partial charge is 1.00 e. The first-order valence-electron chi connectivity index (χ1n) is 5.87. The van der Waals surface area contributed by atoms with Gasteiger partial charge in [0.1, 0.15) is 12.4 Å². The molecule has 0 N–H and O–H groups in total. The minimum absolute atomic E-state index is 0. The zero-order chi connectivity index (χ0) is 14.4. The van der Waals surface area contributed by atoms with E-state index in [9.17, 15) is 12.9 Å². The van der Waals surface area contributed by atoms with Gasteiger partial charge in [0.25, 0.3) is 0 Å². The first-order valence-corrected chi connectivity index (χ1v) is 5.87. The Hall–Kier alpha value is -0.779. The molecular formula is C14H10BF3KNO. The molecule has 0 aliphatic heterocycles. The third-order valence-corrected chi connectivity index (χ3v) is 2.43. The van der Waals surface area contributed by atoms with Crippen LogP contribution in [0.15, 0.2) is 48.8 Å². The third-order valence-electron chi connectivity index (χ3n) is 2.43. The van der Waals surface area contributed by atoms with Gasteiger partial charge in [0, 0.05) is 11.8 Å². The molecule has 0 unspecified atom stereocenters. The smallest absolute Gasteiger partial charge is 0.479 e. The van der Waals surface area contributed by atoms with Crippen LogP contribution in [0.25, 0.3) is 0 Å². The van der Waals surface area contributed by atoms with Crippen LogP contribution < -0.4 is 61.6 Å². The Morgan fingerprint density at radius 2 is 1.81 bits per heavy atom. The summed E-state index contributed by atoms with van der Waals surface area (Å²) in [6.45, 7) is -5.06. The molecule has 7 heteroatoms. The van der Waals surface area contributed by atoms with Crippen LogP contribution in [0.1, 0.15) is 5.56 Å². The number of rotatable bonds is 3. The van der Waals surface area contributed by atoms with Crippen LogP contribution in [0, 0.1) is 11.8 Å². The van der Waals surface area contributed by atoms with Crippen molar-refractivity contribution in [2.75, 3.05) is 6.61 Å².